The summed E-state index contributed by atoms with van der Waals surface area (Å²) in [6.45, 7) is 0. The van der Waals surface area contributed by atoms with Crippen molar-refractivity contribution in [1.29, 1.82) is 0 Å². The normalized spacial score (nSPS) is 10.9. The zero-order chi connectivity index (χ0) is 27.4. The van der Waals surface area contributed by atoms with Crippen LogP contribution in [-0.4, -0.2) is 0 Å². The molecule has 0 spiro atoms. The molecule has 0 aromatic heterocycles. The number of anilines is 3. The molecule has 0 atom stereocenters. The molecule has 0 bridgehead atoms. The second kappa shape index (κ2) is 11.0. The number of rotatable bonds is 6. The lowest BCUT2D eigenvalue weighted by Crippen LogP contribution is -2.09. The Balaban J connectivity index is 1.28. The zero-order valence-corrected chi connectivity index (χ0v) is 22.7. The predicted octanol–water partition coefficient (Wildman–Crippen LogP) is 11.3. The van der Waals surface area contributed by atoms with Gasteiger partial charge >= 0.3 is 0 Å². The average Bonchev–Trinajstić information content (AvgIpc) is 3.06. The average molecular weight is 524 g/mol. The third kappa shape index (κ3) is 5.02. The second-order valence-corrected chi connectivity index (χ2v) is 10.2. The molecule has 0 radical (unpaired) electrons. The summed E-state index contributed by atoms with van der Waals surface area (Å²) in [5.74, 6) is 0. The lowest BCUT2D eigenvalue weighted by atomic mass is 9.98. The Morgan fingerprint density at radius 3 is 1.17 bits per heavy atom. The number of fused-ring (bicyclic) bond motifs is 1. The Bertz CT molecular complexity index is 1800. The molecule has 0 fully saturated rings. The standard InChI is InChI=1S/C40H29N/c1-3-10-30(11-4-1)32-18-24-36(25-19-32)41(37-26-20-33(21-27-37)31-12-5-2-6-13-31)38-28-22-35(23-29-38)40-17-9-15-34-14-7-8-16-39(34)40/h1-29H. The summed E-state index contributed by atoms with van der Waals surface area (Å²) in [5.41, 5.74) is 10.7. The molecule has 0 aliphatic carbocycles. The van der Waals surface area contributed by atoms with Gasteiger partial charge in [0, 0.05) is 17.1 Å². The zero-order valence-electron chi connectivity index (χ0n) is 22.7. The minimum atomic E-state index is 1.12. The summed E-state index contributed by atoms with van der Waals surface area (Å²) < 4.78 is 0. The van der Waals surface area contributed by atoms with Crippen molar-refractivity contribution in [3.8, 4) is 33.4 Å². The second-order valence-electron chi connectivity index (χ2n) is 10.2. The highest BCUT2D eigenvalue weighted by atomic mass is 15.1. The van der Waals surface area contributed by atoms with Gasteiger partial charge in [0.2, 0.25) is 0 Å². The van der Waals surface area contributed by atoms with Gasteiger partial charge in [-0.1, -0.05) is 140 Å². The first-order valence-electron chi connectivity index (χ1n) is 14.0. The number of benzene rings is 7. The quantitative estimate of drug-likeness (QED) is 0.209. The molecule has 0 amide bonds. The van der Waals surface area contributed by atoms with Crippen molar-refractivity contribution in [3.63, 3.8) is 0 Å². The van der Waals surface area contributed by atoms with Gasteiger partial charge in [0.1, 0.15) is 0 Å². The van der Waals surface area contributed by atoms with Gasteiger partial charge in [-0.2, -0.15) is 0 Å². The van der Waals surface area contributed by atoms with E-state index in [2.05, 4.69) is 181 Å². The molecule has 0 saturated heterocycles. The molecule has 1 heteroatoms. The van der Waals surface area contributed by atoms with Gasteiger partial charge in [-0.05, 0) is 80.6 Å². The van der Waals surface area contributed by atoms with Crippen LogP contribution in [0.5, 0.6) is 0 Å². The van der Waals surface area contributed by atoms with Crippen molar-refractivity contribution in [2.45, 2.75) is 0 Å². The summed E-state index contributed by atoms with van der Waals surface area (Å²) in [7, 11) is 0. The summed E-state index contributed by atoms with van der Waals surface area (Å²) in [4.78, 5) is 2.33. The van der Waals surface area contributed by atoms with Gasteiger partial charge in [0.15, 0.2) is 0 Å². The van der Waals surface area contributed by atoms with Crippen LogP contribution in [0.25, 0.3) is 44.2 Å². The Hall–Kier alpha value is -5.40. The predicted molar refractivity (Wildman–Crippen MR) is 175 cm³/mol. The highest BCUT2D eigenvalue weighted by Crippen LogP contribution is 2.38. The van der Waals surface area contributed by atoms with Crippen molar-refractivity contribution >= 4 is 27.8 Å². The maximum atomic E-state index is 2.33. The molecular formula is C40H29N. The van der Waals surface area contributed by atoms with Gasteiger partial charge in [-0.25, -0.2) is 0 Å². The summed E-state index contributed by atoms with van der Waals surface area (Å²) in [6, 6.07) is 62.8. The van der Waals surface area contributed by atoms with E-state index >= 15 is 0 Å². The first-order chi connectivity index (χ1) is 20.3. The third-order valence-corrected chi connectivity index (χ3v) is 7.69. The van der Waals surface area contributed by atoms with E-state index in [4.69, 9.17) is 0 Å². The van der Waals surface area contributed by atoms with E-state index in [0.29, 0.717) is 0 Å². The highest BCUT2D eigenvalue weighted by molar-refractivity contribution is 5.97. The number of hydrogen-bond acceptors (Lipinski definition) is 1. The first kappa shape index (κ1) is 24.6. The van der Waals surface area contributed by atoms with E-state index in [1.165, 1.54) is 44.2 Å². The fourth-order valence-electron chi connectivity index (χ4n) is 5.58. The van der Waals surface area contributed by atoms with E-state index in [9.17, 15) is 0 Å². The molecule has 0 saturated carbocycles. The first-order valence-corrected chi connectivity index (χ1v) is 14.0. The largest absolute Gasteiger partial charge is 0.311 e. The molecule has 41 heavy (non-hydrogen) atoms. The monoisotopic (exact) mass is 523 g/mol. The van der Waals surface area contributed by atoms with Crippen LogP contribution >= 0.6 is 0 Å². The Kier molecular flexibility index (Phi) is 6.61. The van der Waals surface area contributed by atoms with E-state index in [1.807, 2.05) is 0 Å². The van der Waals surface area contributed by atoms with Gasteiger partial charge < -0.3 is 4.90 Å². The minimum absolute atomic E-state index is 1.12. The topological polar surface area (TPSA) is 3.24 Å². The van der Waals surface area contributed by atoms with Crippen molar-refractivity contribution in [3.05, 3.63) is 176 Å². The Morgan fingerprint density at radius 1 is 0.268 bits per heavy atom. The SMILES string of the molecule is c1ccc(-c2ccc(N(c3ccc(-c4ccccc4)cc3)c3ccc(-c4cccc5ccccc45)cc3)cc2)cc1. The molecule has 0 aliphatic heterocycles. The fourth-order valence-corrected chi connectivity index (χ4v) is 5.58. The summed E-state index contributed by atoms with van der Waals surface area (Å²) in [5, 5.41) is 2.53. The van der Waals surface area contributed by atoms with Crippen LogP contribution in [0, 0.1) is 0 Å². The van der Waals surface area contributed by atoms with E-state index in [0.717, 1.165) is 17.1 Å². The minimum Gasteiger partial charge on any atom is -0.311 e. The van der Waals surface area contributed by atoms with Crippen LogP contribution in [0.2, 0.25) is 0 Å². The lowest BCUT2D eigenvalue weighted by Gasteiger charge is -2.26. The van der Waals surface area contributed by atoms with Crippen LogP contribution < -0.4 is 4.90 Å². The summed E-state index contributed by atoms with van der Waals surface area (Å²) >= 11 is 0. The van der Waals surface area contributed by atoms with Gasteiger partial charge in [-0.15, -0.1) is 0 Å². The molecule has 0 aliphatic rings. The maximum absolute atomic E-state index is 2.33. The van der Waals surface area contributed by atoms with Crippen LogP contribution in [0.3, 0.4) is 0 Å². The molecular weight excluding hydrogens is 494 g/mol. The molecule has 0 heterocycles. The maximum Gasteiger partial charge on any atom is 0.0462 e. The smallest absolute Gasteiger partial charge is 0.0462 e. The molecule has 194 valence electrons. The number of nitrogens with zero attached hydrogens (tertiary/aromatic N) is 1. The molecule has 1 nitrogen and oxygen atoms in total. The molecule has 0 N–H and O–H groups in total. The number of hydrogen-bond donors (Lipinski definition) is 0. The lowest BCUT2D eigenvalue weighted by molar-refractivity contribution is 1.28. The van der Waals surface area contributed by atoms with E-state index in [-0.39, 0.29) is 0 Å². The van der Waals surface area contributed by atoms with Gasteiger partial charge in [0.25, 0.3) is 0 Å². The van der Waals surface area contributed by atoms with Crippen molar-refractivity contribution in [1.82, 2.24) is 0 Å². The Morgan fingerprint density at radius 2 is 0.659 bits per heavy atom. The van der Waals surface area contributed by atoms with Crippen LogP contribution in [0.1, 0.15) is 0 Å². The van der Waals surface area contributed by atoms with Crippen LogP contribution in [-0.2, 0) is 0 Å². The third-order valence-electron chi connectivity index (χ3n) is 7.69. The molecule has 7 aromatic carbocycles. The molecule has 7 rings (SSSR count). The molecule has 7 aromatic rings. The van der Waals surface area contributed by atoms with E-state index < -0.39 is 0 Å². The van der Waals surface area contributed by atoms with Crippen molar-refractivity contribution < 1.29 is 0 Å². The van der Waals surface area contributed by atoms with Crippen LogP contribution in [0.15, 0.2) is 176 Å². The van der Waals surface area contributed by atoms with Gasteiger partial charge in [0.05, 0.1) is 0 Å². The van der Waals surface area contributed by atoms with Crippen molar-refractivity contribution in [2.75, 3.05) is 4.90 Å². The fraction of sp³-hybridized carbons (Fsp3) is 0. The Labute approximate surface area is 241 Å². The van der Waals surface area contributed by atoms with E-state index in [1.54, 1.807) is 0 Å². The molecule has 0 unspecified atom stereocenters. The van der Waals surface area contributed by atoms with Gasteiger partial charge in [-0.3, -0.25) is 0 Å². The van der Waals surface area contributed by atoms with Crippen molar-refractivity contribution in [2.24, 2.45) is 0 Å². The van der Waals surface area contributed by atoms with Crippen LogP contribution in [0.4, 0.5) is 17.1 Å². The highest BCUT2D eigenvalue weighted by Gasteiger charge is 2.14. The summed E-state index contributed by atoms with van der Waals surface area (Å²) in [6.07, 6.45) is 0.